The topological polar surface area (TPSA) is 46.3 Å². The lowest BCUT2D eigenvalue weighted by Gasteiger charge is -2.29. The molecule has 19 heavy (non-hydrogen) atoms. The van der Waals surface area contributed by atoms with Crippen molar-refractivity contribution in [2.75, 3.05) is 13.1 Å². The van der Waals surface area contributed by atoms with E-state index in [4.69, 9.17) is 5.73 Å². The van der Waals surface area contributed by atoms with Crippen LogP contribution >= 0.6 is 15.9 Å². The molecule has 1 aliphatic heterocycles. The maximum Gasteiger partial charge on any atom is 0.253 e. The molecule has 1 heterocycles. The van der Waals surface area contributed by atoms with E-state index < -0.39 is 0 Å². The first kappa shape index (κ1) is 13.1. The molecule has 3 unspecified atom stereocenters. The molecule has 102 valence electrons. The quantitative estimate of drug-likeness (QED) is 0.864. The molecule has 0 radical (unpaired) electrons. The molecule has 3 nitrogen and oxygen atoms in total. The summed E-state index contributed by atoms with van der Waals surface area (Å²) in [6, 6.07) is 7.90. The number of carbonyl (C=O) groups excluding carboxylic acids is 1. The van der Waals surface area contributed by atoms with Crippen molar-refractivity contribution in [1.29, 1.82) is 0 Å². The normalized spacial score (nSPS) is 30.2. The second-order valence-electron chi connectivity index (χ2n) is 5.74. The van der Waals surface area contributed by atoms with Gasteiger partial charge in [0, 0.05) is 29.2 Å². The molecule has 3 atom stereocenters. The summed E-state index contributed by atoms with van der Waals surface area (Å²) < 4.78 is 0.951. The highest BCUT2D eigenvalue weighted by molar-refractivity contribution is 9.10. The molecule has 1 aromatic rings. The van der Waals surface area contributed by atoms with Gasteiger partial charge in [-0.05, 0) is 42.9 Å². The second kappa shape index (κ2) is 5.25. The van der Waals surface area contributed by atoms with Crippen LogP contribution in [-0.2, 0) is 0 Å². The Kier molecular flexibility index (Phi) is 3.63. The Morgan fingerprint density at radius 2 is 2.16 bits per heavy atom. The van der Waals surface area contributed by atoms with Crippen LogP contribution in [0, 0.1) is 11.8 Å². The number of rotatable bonds is 1. The minimum atomic E-state index is 0.142. The van der Waals surface area contributed by atoms with Gasteiger partial charge in [-0.3, -0.25) is 4.79 Å². The number of fused-ring (bicyclic) bond motifs is 1. The van der Waals surface area contributed by atoms with Gasteiger partial charge in [0.25, 0.3) is 5.91 Å². The fraction of sp³-hybridized carbons (Fsp3) is 0.533. The highest BCUT2D eigenvalue weighted by atomic mass is 79.9. The van der Waals surface area contributed by atoms with Gasteiger partial charge in [-0.15, -0.1) is 0 Å². The Labute approximate surface area is 122 Å². The summed E-state index contributed by atoms with van der Waals surface area (Å²) >= 11 is 3.42. The van der Waals surface area contributed by atoms with E-state index in [2.05, 4.69) is 15.9 Å². The van der Waals surface area contributed by atoms with Gasteiger partial charge in [-0.2, -0.15) is 0 Å². The molecule has 1 saturated heterocycles. The fourth-order valence-corrected chi connectivity index (χ4v) is 3.89. The Bertz CT molecular complexity index is 491. The van der Waals surface area contributed by atoms with Crippen molar-refractivity contribution in [2.45, 2.75) is 25.3 Å². The number of nitrogens with two attached hydrogens (primary N) is 1. The van der Waals surface area contributed by atoms with Crippen LogP contribution in [0.5, 0.6) is 0 Å². The SMILES string of the molecule is NC1CCCC2CN(C(=O)c3cccc(Br)c3)CC12. The van der Waals surface area contributed by atoms with Gasteiger partial charge in [0.15, 0.2) is 0 Å². The number of benzene rings is 1. The number of likely N-dealkylation sites (tertiary alicyclic amines) is 1. The van der Waals surface area contributed by atoms with Gasteiger partial charge in [-0.25, -0.2) is 0 Å². The van der Waals surface area contributed by atoms with Crippen LogP contribution < -0.4 is 5.73 Å². The lowest BCUT2D eigenvalue weighted by molar-refractivity contribution is 0.0783. The first-order valence-electron chi connectivity index (χ1n) is 6.95. The summed E-state index contributed by atoms with van der Waals surface area (Å²) in [5, 5.41) is 0. The molecule has 0 aromatic heterocycles. The highest BCUT2D eigenvalue weighted by Crippen LogP contribution is 2.36. The third-order valence-electron chi connectivity index (χ3n) is 4.51. The van der Waals surface area contributed by atoms with Crippen LogP contribution in [0.25, 0.3) is 0 Å². The molecule has 3 rings (SSSR count). The van der Waals surface area contributed by atoms with Gasteiger partial charge in [0.05, 0.1) is 0 Å². The van der Waals surface area contributed by atoms with Crippen LogP contribution in [-0.4, -0.2) is 29.9 Å². The number of hydrogen-bond acceptors (Lipinski definition) is 2. The molecule has 1 aromatic carbocycles. The summed E-state index contributed by atoms with van der Waals surface area (Å²) in [6.45, 7) is 1.71. The minimum Gasteiger partial charge on any atom is -0.338 e. The fourth-order valence-electron chi connectivity index (χ4n) is 3.49. The molecule has 2 aliphatic rings. The summed E-state index contributed by atoms with van der Waals surface area (Å²) in [7, 11) is 0. The molecule has 1 aliphatic carbocycles. The minimum absolute atomic E-state index is 0.142. The lowest BCUT2D eigenvalue weighted by atomic mass is 9.78. The number of halogens is 1. The third-order valence-corrected chi connectivity index (χ3v) is 5.01. The van der Waals surface area contributed by atoms with E-state index in [9.17, 15) is 4.79 Å². The molecule has 0 spiro atoms. The van der Waals surface area contributed by atoms with Gasteiger partial charge in [0.1, 0.15) is 0 Å². The summed E-state index contributed by atoms with van der Waals surface area (Å²) in [4.78, 5) is 14.5. The van der Waals surface area contributed by atoms with E-state index in [0.29, 0.717) is 11.8 Å². The van der Waals surface area contributed by atoms with Crippen molar-refractivity contribution >= 4 is 21.8 Å². The summed E-state index contributed by atoms with van der Waals surface area (Å²) in [5.41, 5.74) is 6.96. The maximum absolute atomic E-state index is 12.5. The van der Waals surface area contributed by atoms with E-state index >= 15 is 0 Å². The zero-order chi connectivity index (χ0) is 13.4. The van der Waals surface area contributed by atoms with Crippen LogP contribution in [0.15, 0.2) is 28.7 Å². The van der Waals surface area contributed by atoms with Crippen molar-refractivity contribution in [1.82, 2.24) is 4.90 Å². The maximum atomic E-state index is 12.5. The molecular weight excluding hydrogens is 304 g/mol. The van der Waals surface area contributed by atoms with E-state index in [1.165, 1.54) is 12.8 Å². The van der Waals surface area contributed by atoms with E-state index in [-0.39, 0.29) is 11.9 Å². The Morgan fingerprint density at radius 3 is 2.89 bits per heavy atom. The van der Waals surface area contributed by atoms with Gasteiger partial charge < -0.3 is 10.6 Å². The number of amides is 1. The zero-order valence-corrected chi connectivity index (χ0v) is 12.5. The van der Waals surface area contributed by atoms with Crippen molar-refractivity contribution in [3.05, 3.63) is 34.3 Å². The first-order chi connectivity index (χ1) is 9.15. The van der Waals surface area contributed by atoms with E-state index in [0.717, 1.165) is 29.5 Å². The van der Waals surface area contributed by atoms with Crippen molar-refractivity contribution in [2.24, 2.45) is 17.6 Å². The van der Waals surface area contributed by atoms with Crippen LogP contribution in [0.3, 0.4) is 0 Å². The van der Waals surface area contributed by atoms with Gasteiger partial charge >= 0.3 is 0 Å². The molecule has 1 saturated carbocycles. The molecule has 4 heteroatoms. The zero-order valence-electron chi connectivity index (χ0n) is 10.9. The largest absolute Gasteiger partial charge is 0.338 e. The number of carbonyl (C=O) groups is 1. The van der Waals surface area contributed by atoms with Crippen LogP contribution in [0.1, 0.15) is 29.6 Å². The van der Waals surface area contributed by atoms with E-state index in [1.54, 1.807) is 0 Å². The molecule has 1 amide bonds. The summed E-state index contributed by atoms with van der Waals surface area (Å²) in [5.74, 6) is 1.26. The van der Waals surface area contributed by atoms with Gasteiger partial charge in [-0.1, -0.05) is 28.4 Å². The molecule has 2 fully saturated rings. The third kappa shape index (κ3) is 2.56. The van der Waals surface area contributed by atoms with E-state index in [1.807, 2.05) is 29.2 Å². The Balaban J connectivity index is 1.75. The summed E-state index contributed by atoms with van der Waals surface area (Å²) in [6.07, 6.45) is 3.54. The second-order valence-corrected chi connectivity index (χ2v) is 6.65. The molecule has 0 bridgehead atoms. The van der Waals surface area contributed by atoms with Crippen LogP contribution in [0.4, 0.5) is 0 Å². The predicted octanol–water partition coefficient (Wildman–Crippen LogP) is 2.65. The number of hydrogen-bond donors (Lipinski definition) is 1. The standard InChI is InChI=1S/C15H19BrN2O/c16-12-5-1-3-10(7-12)15(19)18-8-11-4-2-6-14(17)13(11)9-18/h1,3,5,7,11,13-14H,2,4,6,8-9,17H2. The Hall–Kier alpha value is -0.870. The van der Waals surface area contributed by atoms with Crippen molar-refractivity contribution < 1.29 is 4.79 Å². The Morgan fingerprint density at radius 1 is 1.32 bits per heavy atom. The predicted molar refractivity (Wildman–Crippen MR) is 78.9 cm³/mol. The monoisotopic (exact) mass is 322 g/mol. The number of nitrogens with zero attached hydrogens (tertiary/aromatic N) is 1. The molecule has 2 N–H and O–H groups in total. The first-order valence-corrected chi connectivity index (χ1v) is 7.75. The van der Waals surface area contributed by atoms with Gasteiger partial charge in [0.2, 0.25) is 0 Å². The lowest BCUT2D eigenvalue weighted by Crippen LogP contribution is -2.38. The average molecular weight is 323 g/mol. The smallest absolute Gasteiger partial charge is 0.253 e. The molecular formula is C15H19BrN2O. The van der Waals surface area contributed by atoms with Crippen molar-refractivity contribution in [3.8, 4) is 0 Å². The highest BCUT2D eigenvalue weighted by Gasteiger charge is 2.40. The van der Waals surface area contributed by atoms with Crippen LogP contribution in [0.2, 0.25) is 0 Å². The van der Waals surface area contributed by atoms with Crippen molar-refractivity contribution in [3.63, 3.8) is 0 Å². The average Bonchev–Trinajstić information content (AvgIpc) is 2.83.